The van der Waals surface area contributed by atoms with E-state index in [1.165, 1.54) is 44.9 Å². The zero-order valence-electron chi connectivity index (χ0n) is 9.45. The Balaban J connectivity index is 1.72. The Hall–Kier alpha value is 0.310. The quantitative estimate of drug-likeness (QED) is 0.740. The molecule has 1 nitrogen and oxygen atoms in total. The van der Waals surface area contributed by atoms with E-state index in [9.17, 15) is 5.11 Å². The molecule has 0 radical (unpaired) electrons. The molecular formula is C13H22OS. The van der Waals surface area contributed by atoms with E-state index in [-0.39, 0.29) is 5.60 Å². The standard InChI is InChI=1S/C13H22OS/c14-13(10-4-2-1-3-5-10)8-11-6-7-12(9-13)15-11/h10-12,14H,1-9H2. The molecular weight excluding hydrogens is 204 g/mol. The Bertz CT molecular complexity index is 223. The first-order chi connectivity index (χ1) is 7.26. The van der Waals surface area contributed by atoms with Gasteiger partial charge in [0, 0.05) is 10.5 Å². The van der Waals surface area contributed by atoms with Gasteiger partial charge in [0.25, 0.3) is 0 Å². The average molecular weight is 226 g/mol. The van der Waals surface area contributed by atoms with Crippen molar-refractivity contribution >= 4 is 11.8 Å². The van der Waals surface area contributed by atoms with Gasteiger partial charge in [-0.15, -0.1) is 0 Å². The minimum Gasteiger partial charge on any atom is -0.390 e. The van der Waals surface area contributed by atoms with E-state index in [0.717, 1.165) is 23.3 Å². The molecule has 2 atom stereocenters. The van der Waals surface area contributed by atoms with Crippen LogP contribution in [0.25, 0.3) is 0 Å². The Morgan fingerprint density at radius 2 is 1.47 bits per heavy atom. The number of aliphatic hydroxyl groups is 1. The van der Waals surface area contributed by atoms with Crippen LogP contribution in [0.4, 0.5) is 0 Å². The number of fused-ring (bicyclic) bond motifs is 2. The molecule has 1 N–H and O–H groups in total. The molecule has 3 rings (SSSR count). The van der Waals surface area contributed by atoms with E-state index < -0.39 is 0 Å². The van der Waals surface area contributed by atoms with Crippen LogP contribution in [0, 0.1) is 5.92 Å². The van der Waals surface area contributed by atoms with Crippen molar-refractivity contribution in [3.05, 3.63) is 0 Å². The first kappa shape index (κ1) is 10.5. The molecule has 2 aliphatic heterocycles. The molecule has 1 aliphatic carbocycles. The maximum atomic E-state index is 10.9. The second kappa shape index (κ2) is 3.96. The highest BCUT2D eigenvalue weighted by Gasteiger charge is 2.47. The lowest BCUT2D eigenvalue weighted by Gasteiger charge is -2.43. The molecule has 86 valence electrons. The normalized spacial score (nSPS) is 47.0. The van der Waals surface area contributed by atoms with Crippen molar-refractivity contribution in [1.82, 2.24) is 0 Å². The van der Waals surface area contributed by atoms with Gasteiger partial charge in [0.05, 0.1) is 5.60 Å². The fourth-order valence-corrected chi connectivity index (χ4v) is 5.78. The van der Waals surface area contributed by atoms with Gasteiger partial charge in [-0.3, -0.25) is 0 Å². The summed E-state index contributed by atoms with van der Waals surface area (Å²) in [5.74, 6) is 0.634. The number of hydrogen-bond acceptors (Lipinski definition) is 2. The summed E-state index contributed by atoms with van der Waals surface area (Å²) in [5.41, 5.74) is -0.266. The second-order valence-corrected chi connectivity index (χ2v) is 7.41. The molecule has 2 unspecified atom stereocenters. The lowest BCUT2D eigenvalue weighted by atomic mass is 9.73. The molecule has 2 saturated heterocycles. The predicted molar refractivity (Wildman–Crippen MR) is 65.2 cm³/mol. The summed E-state index contributed by atoms with van der Waals surface area (Å²) in [7, 11) is 0. The van der Waals surface area contributed by atoms with Gasteiger partial charge in [-0.1, -0.05) is 19.3 Å². The van der Waals surface area contributed by atoms with E-state index >= 15 is 0 Å². The van der Waals surface area contributed by atoms with E-state index in [2.05, 4.69) is 11.8 Å². The van der Waals surface area contributed by atoms with Crippen LogP contribution in [0.15, 0.2) is 0 Å². The SMILES string of the molecule is OC1(C2CCCCC2)CC2CCC(C1)S2. The highest BCUT2D eigenvalue weighted by atomic mass is 32.2. The molecule has 2 bridgehead atoms. The molecule has 3 aliphatic rings. The van der Waals surface area contributed by atoms with Gasteiger partial charge in [0.2, 0.25) is 0 Å². The fourth-order valence-electron chi connectivity index (χ4n) is 3.93. The van der Waals surface area contributed by atoms with Crippen LogP contribution in [0.1, 0.15) is 57.8 Å². The number of thioether (sulfide) groups is 1. The molecule has 0 aromatic carbocycles. The maximum Gasteiger partial charge on any atom is 0.0696 e. The van der Waals surface area contributed by atoms with Gasteiger partial charge in [0.1, 0.15) is 0 Å². The summed E-state index contributed by atoms with van der Waals surface area (Å²) in [6.45, 7) is 0. The monoisotopic (exact) mass is 226 g/mol. The van der Waals surface area contributed by atoms with Crippen LogP contribution in [-0.2, 0) is 0 Å². The summed E-state index contributed by atoms with van der Waals surface area (Å²) in [4.78, 5) is 0. The van der Waals surface area contributed by atoms with Crippen molar-refractivity contribution in [2.75, 3.05) is 0 Å². The molecule has 0 aromatic rings. The molecule has 2 heteroatoms. The number of hydrogen-bond donors (Lipinski definition) is 1. The van der Waals surface area contributed by atoms with Crippen molar-refractivity contribution in [3.8, 4) is 0 Å². The summed E-state index contributed by atoms with van der Waals surface area (Å²) < 4.78 is 0. The smallest absolute Gasteiger partial charge is 0.0696 e. The van der Waals surface area contributed by atoms with Crippen LogP contribution in [-0.4, -0.2) is 21.2 Å². The van der Waals surface area contributed by atoms with Crippen LogP contribution >= 0.6 is 11.8 Å². The zero-order chi connectivity index (χ0) is 10.3. The maximum absolute atomic E-state index is 10.9. The third kappa shape index (κ3) is 1.95. The van der Waals surface area contributed by atoms with Crippen molar-refractivity contribution in [2.24, 2.45) is 5.92 Å². The first-order valence-electron chi connectivity index (χ1n) is 6.64. The topological polar surface area (TPSA) is 20.2 Å². The third-order valence-corrected chi connectivity index (χ3v) is 6.30. The lowest BCUT2D eigenvalue weighted by molar-refractivity contribution is -0.0460. The van der Waals surface area contributed by atoms with Crippen molar-refractivity contribution in [1.29, 1.82) is 0 Å². The highest BCUT2D eigenvalue weighted by molar-refractivity contribution is 8.00. The molecule has 1 saturated carbocycles. The zero-order valence-corrected chi connectivity index (χ0v) is 10.3. The van der Waals surface area contributed by atoms with Gasteiger partial charge in [-0.25, -0.2) is 0 Å². The summed E-state index contributed by atoms with van der Waals surface area (Å²) in [5, 5.41) is 12.4. The highest BCUT2D eigenvalue weighted by Crippen LogP contribution is 2.52. The number of rotatable bonds is 1. The summed E-state index contributed by atoms with van der Waals surface area (Å²) in [6, 6.07) is 0. The minimum atomic E-state index is -0.266. The second-order valence-electron chi connectivity index (χ2n) is 5.80. The largest absolute Gasteiger partial charge is 0.390 e. The average Bonchev–Trinajstić information content (AvgIpc) is 2.60. The van der Waals surface area contributed by atoms with Gasteiger partial charge >= 0.3 is 0 Å². The van der Waals surface area contributed by atoms with Gasteiger partial charge in [0.15, 0.2) is 0 Å². The van der Waals surface area contributed by atoms with Crippen LogP contribution in [0.5, 0.6) is 0 Å². The lowest BCUT2D eigenvalue weighted by Crippen LogP contribution is -2.44. The molecule has 0 amide bonds. The third-order valence-electron chi connectivity index (χ3n) is 4.72. The molecule has 0 spiro atoms. The summed E-state index contributed by atoms with van der Waals surface area (Å²) >= 11 is 2.16. The van der Waals surface area contributed by atoms with Crippen LogP contribution in [0.2, 0.25) is 0 Å². The van der Waals surface area contributed by atoms with Crippen molar-refractivity contribution in [2.45, 2.75) is 73.9 Å². The van der Waals surface area contributed by atoms with Gasteiger partial charge in [-0.2, -0.15) is 11.8 Å². The first-order valence-corrected chi connectivity index (χ1v) is 7.58. The van der Waals surface area contributed by atoms with Crippen molar-refractivity contribution in [3.63, 3.8) is 0 Å². The molecule has 15 heavy (non-hydrogen) atoms. The Kier molecular flexibility index (Phi) is 2.76. The summed E-state index contributed by atoms with van der Waals surface area (Å²) in [6.07, 6.45) is 11.6. The van der Waals surface area contributed by atoms with Crippen molar-refractivity contribution < 1.29 is 5.11 Å². The fraction of sp³-hybridized carbons (Fsp3) is 1.00. The van der Waals surface area contributed by atoms with Crippen LogP contribution in [0.3, 0.4) is 0 Å². The van der Waals surface area contributed by atoms with Crippen LogP contribution < -0.4 is 0 Å². The molecule has 3 fully saturated rings. The Morgan fingerprint density at radius 3 is 2.07 bits per heavy atom. The van der Waals surface area contributed by atoms with E-state index in [0.29, 0.717) is 5.92 Å². The van der Waals surface area contributed by atoms with E-state index in [1.54, 1.807) is 0 Å². The Labute approximate surface area is 97.0 Å². The molecule has 0 aromatic heterocycles. The predicted octanol–water partition coefficient (Wildman–Crippen LogP) is 3.36. The van der Waals surface area contributed by atoms with Gasteiger partial charge in [-0.05, 0) is 44.4 Å². The van der Waals surface area contributed by atoms with Gasteiger partial charge < -0.3 is 5.11 Å². The minimum absolute atomic E-state index is 0.266. The van der Waals surface area contributed by atoms with E-state index in [1.807, 2.05) is 0 Å². The Morgan fingerprint density at radius 1 is 0.867 bits per heavy atom. The van der Waals surface area contributed by atoms with E-state index in [4.69, 9.17) is 0 Å². The molecule has 2 heterocycles.